The average Bonchev–Trinajstić information content (AvgIpc) is 2.91. The minimum atomic E-state index is -0.658. The summed E-state index contributed by atoms with van der Waals surface area (Å²) in [6.07, 6.45) is -0.108. The van der Waals surface area contributed by atoms with Crippen LogP contribution in [0.4, 0.5) is 4.39 Å². The Morgan fingerprint density at radius 1 is 1.37 bits per heavy atom. The van der Waals surface area contributed by atoms with Crippen LogP contribution in [-0.4, -0.2) is 52.5 Å². The molecule has 1 aromatic rings. The molecule has 2 unspecified atom stereocenters. The lowest BCUT2D eigenvalue weighted by Gasteiger charge is -2.34. The van der Waals surface area contributed by atoms with Crippen LogP contribution in [-0.2, 0) is 11.3 Å². The Kier molecular flexibility index (Phi) is 2.93. The van der Waals surface area contributed by atoms with Crippen LogP contribution in [0.5, 0.6) is 5.88 Å². The van der Waals surface area contributed by atoms with E-state index in [-0.39, 0.29) is 23.8 Å². The van der Waals surface area contributed by atoms with Crippen LogP contribution in [0.25, 0.3) is 0 Å². The van der Waals surface area contributed by atoms with Crippen molar-refractivity contribution >= 4 is 5.91 Å². The van der Waals surface area contributed by atoms with Crippen molar-refractivity contribution < 1.29 is 18.7 Å². The largest absolute Gasteiger partial charge is 0.474 e. The van der Waals surface area contributed by atoms with Gasteiger partial charge < -0.3 is 14.4 Å². The smallest absolute Gasteiger partial charge is 0.277 e. The molecule has 1 amide bonds. The Morgan fingerprint density at radius 2 is 2.05 bits per heavy atom. The fraction of sp³-hybridized carbons (Fsp3) is 0.667. The first-order valence-corrected chi connectivity index (χ1v) is 6.40. The molecule has 0 bridgehead atoms. The quantitative estimate of drug-likeness (QED) is 0.751. The summed E-state index contributed by atoms with van der Waals surface area (Å²) < 4.78 is 26.1. The maximum Gasteiger partial charge on any atom is 0.277 e. The summed E-state index contributed by atoms with van der Waals surface area (Å²) in [5.74, 6) is -0.989. The van der Waals surface area contributed by atoms with E-state index in [1.54, 1.807) is 4.90 Å². The van der Waals surface area contributed by atoms with E-state index < -0.39 is 11.7 Å². The van der Waals surface area contributed by atoms with Gasteiger partial charge in [0.2, 0.25) is 11.7 Å². The third-order valence-corrected chi connectivity index (χ3v) is 3.30. The van der Waals surface area contributed by atoms with Crippen LogP contribution in [0.15, 0.2) is 0 Å². The van der Waals surface area contributed by atoms with Crippen molar-refractivity contribution in [3.63, 3.8) is 0 Å². The summed E-state index contributed by atoms with van der Waals surface area (Å²) in [5, 5.41) is 4.00. The van der Waals surface area contributed by atoms with Crippen molar-refractivity contribution in [2.45, 2.75) is 32.6 Å². The molecule has 1 saturated heterocycles. The highest BCUT2D eigenvalue weighted by atomic mass is 19.1. The fourth-order valence-electron chi connectivity index (χ4n) is 2.57. The van der Waals surface area contributed by atoms with Crippen molar-refractivity contribution in [1.82, 2.24) is 14.7 Å². The standard InChI is InChI=1S/C12H16FN3O3/c1-7-5-15(6-8(2)19-7)11(17)10-9(13)12-16(14-10)3-4-18-12/h7-8H,3-6H2,1-2H3. The molecule has 6 nitrogen and oxygen atoms in total. The van der Waals surface area contributed by atoms with Gasteiger partial charge in [-0.05, 0) is 13.8 Å². The number of hydrogen-bond acceptors (Lipinski definition) is 4. The Balaban J connectivity index is 1.84. The molecular weight excluding hydrogens is 253 g/mol. The number of nitrogens with zero attached hydrogens (tertiary/aromatic N) is 3. The number of fused-ring (bicyclic) bond motifs is 1. The van der Waals surface area contributed by atoms with Gasteiger partial charge in [0, 0.05) is 13.1 Å². The highest BCUT2D eigenvalue weighted by Gasteiger charge is 2.33. The molecule has 19 heavy (non-hydrogen) atoms. The third kappa shape index (κ3) is 2.07. The molecule has 0 N–H and O–H groups in total. The molecule has 3 rings (SSSR count). The predicted octanol–water partition coefficient (Wildman–Crippen LogP) is 0.664. The second kappa shape index (κ2) is 4.48. The predicted molar refractivity (Wildman–Crippen MR) is 63.6 cm³/mol. The molecule has 2 aliphatic rings. The first-order valence-electron chi connectivity index (χ1n) is 6.40. The first-order chi connectivity index (χ1) is 9.06. The van der Waals surface area contributed by atoms with Crippen LogP contribution >= 0.6 is 0 Å². The van der Waals surface area contributed by atoms with Crippen molar-refractivity contribution in [2.24, 2.45) is 0 Å². The highest BCUT2D eigenvalue weighted by molar-refractivity contribution is 5.93. The van der Waals surface area contributed by atoms with E-state index in [2.05, 4.69) is 5.10 Å². The highest BCUT2D eigenvalue weighted by Crippen LogP contribution is 2.26. The summed E-state index contributed by atoms with van der Waals surface area (Å²) in [6, 6.07) is 0. The monoisotopic (exact) mass is 269 g/mol. The number of aromatic nitrogens is 2. The van der Waals surface area contributed by atoms with Gasteiger partial charge >= 0.3 is 0 Å². The molecule has 3 heterocycles. The van der Waals surface area contributed by atoms with E-state index in [4.69, 9.17) is 9.47 Å². The topological polar surface area (TPSA) is 56.6 Å². The minimum Gasteiger partial charge on any atom is -0.474 e. The molecule has 2 aliphatic heterocycles. The number of amides is 1. The number of halogens is 1. The SMILES string of the molecule is CC1CN(C(=O)c2nn3c(c2F)OCC3)CC(C)O1. The molecule has 0 saturated carbocycles. The Hall–Kier alpha value is -1.63. The lowest BCUT2D eigenvalue weighted by molar-refractivity contribution is -0.0588. The zero-order valence-corrected chi connectivity index (χ0v) is 10.9. The first kappa shape index (κ1) is 12.4. The summed E-state index contributed by atoms with van der Waals surface area (Å²) in [6.45, 7) is 5.57. The molecule has 0 aromatic carbocycles. The molecule has 104 valence electrons. The fourth-order valence-corrected chi connectivity index (χ4v) is 2.57. The van der Waals surface area contributed by atoms with Crippen LogP contribution in [0.1, 0.15) is 24.3 Å². The molecule has 7 heteroatoms. The molecule has 1 fully saturated rings. The van der Waals surface area contributed by atoms with Gasteiger partial charge in [0.25, 0.3) is 5.91 Å². The normalized spacial score (nSPS) is 26.2. The summed E-state index contributed by atoms with van der Waals surface area (Å²) >= 11 is 0. The zero-order valence-electron chi connectivity index (χ0n) is 10.9. The summed E-state index contributed by atoms with van der Waals surface area (Å²) in [4.78, 5) is 13.9. The van der Waals surface area contributed by atoms with E-state index in [1.807, 2.05) is 13.8 Å². The van der Waals surface area contributed by atoms with Gasteiger partial charge in [0.05, 0.1) is 18.8 Å². The van der Waals surface area contributed by atoms with E-state index in [0.29, 0.717) is 26.2 Å². The third-order valence-electron chi connectivity index (χ3n) is 3.30. The lowest BCUT2D eigenvalue weighted by atomic mass is 10.2. The second-order valence-corrected chi connectivity index (χ2v) is 5.01. The van der Waals surface area contributed by atoms with Crippen LogP contribution < -0.4 is 4.74 Å². The molecule has 0 aliphatic carbocycles. The number of morpholine rings is 1. The Morgan fingerprint density at radius 3 is 2.68 bits per heavy atom. The minimum absolute atomic E-state index is 0.0542. The van der Waals surface area contributed by atoms with Crippen LogP contribution in [0, 0.1) is 5.82 Å². The second-order valence-electron chi connectivity index (χ2n) is 5.01. The van der Waals surface area contributed by atoms with Gasteiger partial charge in [0.1, 0.15) is 6.61 Å². The van der Waals surface area contributed by atoms with E-state index in [0.717, 1.165) is 0 Å². The molecule has 0 radical (unpaired) electrons. The van der Waals surface area contributed by atoms with Crippen molar-refractivity contribution in [3.8, 4) is 5.88 Å². The number of carbonyl (C=O) groups is 1. The molecule has 2 atom stereocenters. The average molecular weight is 269 g/mol. The van der Waals surface area contributed by atoms with Gasteiger partial charge in [-0.15, -0.1) is 0 Å². The number of ether oxygens (including phenoxy) is 2. The summed E-state index contributed by atoms with van der Waals surface area (Å²) in [5.41, 5.74) is -0.156. The Labute approximate surface area is 110 Å². The molecule has 1 aromatic heterocycles. The Bertz CT molecular complexity index is 507. The van der Waals surface area contributed by atoms with Crippen molar-refractivity contribution in [3.05, 3.63) is 11.5 Å². The van der Waals surface area contributed by atoms with Crippen LogP contribution in [0.2, 0.25) is 0 Å². The van der Waals surface area contributed by atoms with Gasteiger partial charge in [0.15, 0.2) is 5.69 Å². The maximum absolute atomic E-state index is 14.0. The van der Waals surface area contributed by atoms with E-state index in [9.17, 15) is 9.18 Å². The van der Waals surface area contributed by atoms with Crippen molar-refractivity contribution in [2.75, 3.05) is 19.7 Å². The summed E-state index contributed by atoms with van der Waals surface area (Å²) in [7, 11) is 0. The van der Waals surface area contributed by atoms with Crippen LogP contribution in [0.3, 0.4) is 0 Å². The van der Waals surface area contributed by atoms with Crippen molar-refractivity contribution in [1.29, 1.82) is 0 Å². The maximum atomic E-state index is 14.0. The number of hydrogen-bond donors (Lipinski definition) is 0. The number of carbonyl (C=O) groups excluding carboxylic acids is 1. The van der Waals surface area contributed by atoms with E-state index >= 15 is 0 Å². The molecule has 0 spiro atoms. The zero-order chi connectivity index (χ0) is 13.6. The van der Waals surface area contributed by atoms with Gasteiger partial charge in [-0.1, -0.05) is 0 Å². The van der Waals surface area contributed by atoms with Gasteiger partial charge in [-0.25, -0.2) is 4.68 Å². The number of rotatable bonds is 1. The van der Waals surface area contributed by atoms with E-state index in [1.165, 1.54) is 4.68 Å². The lowest BCUT2D eigenvalue weighted by Crippen LogP contribution is -2.48. The molecular formula is C12H16FN3O3. The van der Waals surface area contributed by atoms with Gasteiger partial charge in [-0.2, -0.15) is 9.49 Å². The van der Waals surface area contributed by atoms with Gasteiger partial charge in [-0.3, -0.25) is 4.79 Å².